The monoisotopic (exact) mass is 430 g/mol. The number of ether oxygens (including phenoxy) is 1. The molecular weight excluding hydrogens is 408 g/mol. The van der Waals surface area contributed by atoms with Crippen LogP contribution in [0, 0.1) is 6.92 Å². The number of imidazole rings is 2. The smallest absolute Gasteiger partial charge is 0.325 e. The van der Waals surface area contributed by atoms with Crippen molar-refractivity contribution in [3.8, 4) is 17.2 Å². The third kappa shape index (κ3) is 3.41. The van der Waals surface area contributed by atoms with E-state index >= 15 is 0 Å². The number of carbonyl (C=O) groups is 2. The fraction of sp³-hybridized carbons (Fsp3) is 0.261. The first-order valence-electron chi connectivity index (χ1n) is 10.4. The summed E-state index contributed by atoms with van der Waals surface area (Å²) in [7, 11) is 1.28. The lowest BCUT2D eigenvalue weighted by atomic mass is 10.2. The standard InChI is InChI=1S/C23H22N6O3/c1-14-5-3-7-17(26-14)22-27-16-6-4-8-18(16)29(22)15-9-10-20-24-11-19(28(20)13-15)23(31)25-12-21(30)32-2/h3,5,7,9-11,13H,4,6,8,12H2,1-2H3,(H,25,31). The molecule has 32 heavy (non-hydrogen) atoms. The molecule has 1 aliphatic carbocycles. The summed E-state index contributed by atoms with van der Waals surface area (Å²) in [6, 6.07) is 9.73. The predicted octanol–water partition coefficient (Wildman–Crippen LogP) is 2.28. The molecular formula is C23H22N6O3. The Balaban J connectivity index is 1.60. The highest BCUT2D eigenvalue weighted by atomic mass is 16.5. The number of carbonyl (C=O) groups excluding carboxylic acids is 2. The molecule has 5 rings (SSSR count). The molecule has 0 aromatic carbocycles. The van der Waals surface area contributed by atoms with Crippen LogP contribution in [-0.2, 0) is 22.4 Å². The second-order valence-corrected chi connectivity index (χ2v) is 7.70. The van der Waals surface area contributed by atoms with Crippen LogP contribution >= 0.6 is 0 Å². The molecule has 1 N–H and O–H groups in total. The second kappa shape index (κ2) is 7.92. The summed E-state index contributed by atoms with van der Waals surface area (Å²) < 4.78 is 8.43. The van der Waals surface area contributed by atoms with Crippen molar-refractivity contribution in [2.75, 3.05) is 13.7 Å². The third-order valence-corrected chi connectivity index (χ3v) is 5.60. The van der Waals surface area contributed by atoms with E-state index in [9.17, 15) is 9.59 Å². The Bertz CT molecular complexity index is 1350. The highest BCUT2D eigenvalue weighted by molar-refractivity contribution is 5.95. The van der Waals surface area contributed by atoms with E-state index in [-0.39, 0.29) is 6.54 Å². The Kier molecular flexibility index (Phi) is 4.93. The predicted molar refractivity (Wildman–Crippen MR) is 117 cm³/mol. The van der Waals surface area contributed by atoms with Gasteiger partial charge in [-0.05, 0) is 50.5 Å². The van der Waals surface area contributed by atoms with Gasteiger partial charge in [-0.2, -0.15) is 0 Å². The normalized spacial score (nSPS) is 12.7. The van der Waals surface area contributed by atoms with E-state index in [1.165, 1.54) is 19.0 Å². The molecule has 0 atom stereocenters. The first-order chi connectivity index (χ1) is 15.5. The molecule has 162 valence electrons. The number of amides is 1. The first kappa shape index (κ1) is 19.9. The maximum absolute atomic E-state index is 12.6. The average Bonchev–Trinajstić information content (AvgIpc) is 3.50. The van der Waals surface area contributed by atoms with E-state index in [0.717, 1.165) is 47.9 Å². The summed E-state index contributed by atoms with van der Waals surface area (Å²) >= 11 is 0. The van der Waals surface area contributed by atoms with E-state index in [1.807, 2.05) is 43.5 Å². The largest absolute Gasteiger partial charge is 0.468 e. The molecule has 4 aromatic heterocycles. The van der Waals surface area contributed by atoms with Gasteiger partial charge in [0.2, 0.25) is 0 Å². The van der Waals surface area contributed by atoms with Crippen molar-refractivity contribution in [1.29, 1.82) is 0 Å². The molecule has 4 aromatic rings. The number of hydrogen-bond acceptors (Lipinski definition) is 6. The van der Waals surface area contributed by atoms with Gasteiger partial charge in [-0.1, -0.05) is 6.07 Å². The molecule has 0 saturated carbocycles. The van der Waals surface area contributed by atoms with Crippen LogP contribution in [0.2, 0.25) is 0 Å². The van der Waals surface area contributed by atoms with E-state index in [0.29, 0.717) is 11.3 Å². The van der Waals surface area contributed by atoms with Gasteiger partial charge in [0.15, 0.2) is 5.82 Å². The fourth-order valence-corrected chi connectivity index (χ4v) is 4.08. The molecule has 0 radical (unpaired) electrons. The Morgan fingerprint density at radius 2 is 2.03 bits per heavy atom. The number of pyridine rings is 2. The van der Waals surface area contributed by atoms with Gasteiger partial charge in [0, 0.05) is 17.6 Å². The molecule has 0 unspecified atom stereocenters. The molecule has 0 bridgehead atoms. The number of hydrogen-bond donors (Lipinski definition) is 1. The van der Waals surface area contributed by atoms with E-state index in [1.54, 1.807) is 4.40 Å². The van der Waals surface area contributed by atoms with Crippen molar-refractivity contribution in [3.63, 3.8) is 0 Å². The van der Waals surface area contributed by atoms with Crippen LogP contribution in [0.1, 0.15) is 34.0 Å². The zero-order valence-electron chi connectivity index (χ0n) is 17.8. The number of rotatable bonds is 5. The van der Waals surface area contributed by atoms with Gasteiger partial charge >= 0.3 is 5.97 Å². The molecule has 0 fully saturated rings. The Morgan fingerprint density at radius 3 is 2.84 bits per heavy atom. The number of nitrogens with one attached hydrogen (secondary N) is 1. The number of aromatic nitrogens is 5. The molecule has 0 spiro atoms. The Hall–Kier alpha value is -4.01. The lowest BCUT2D eigenvalue weighted by molar-refractivity contribution is -0.139. The van der Waals surface area contributed by atoms with Crippen LogP contribution in [0.25, 0.3) is 22.9 Å². The zero-order valence-corrected chi connectivity index (χ0v) is 17.8. The van der Waals surface area contributed by atoms with Gasteiger partial charge in [-0.25, -0.2) is 15.0 Å². The topological polar surface area (TPSA) is 103 Å². The lowest BCUT2D eigenvalue weighted by Crippen LogP contribution is -2.30. The zero-order chi connectivity index (χ0) is 22.2. The van der Waals surface area contributed by atoms with Crippen molar-refractivity contribution < 1.29 is 14.3 Å². The van der Waals surface area contributed by atoms with E-state index < -0.39 is 11.9 Å². The number of methoxy groups -OCH3 is 1. The van der Waals surface area contributed by atoms with Crippen molar-refractivity contribution in [2.45, 2.75) is 26.2 Å². The molecule has 9 nitrogen and oxygen atoms in total. The molecule has 1 aliphatic rings. The van der Waals surface area contributed by atoms with Crippen molar-refractivity contribution in [1.82, 2.24) is 29.2 Å². The number of esters is 1. The van der Waals surface area contributed by atoms with Crippen LogP contribution in [0.3, 0.4) is 0 Å². The fourth-order valence-electron chi connectivity index (χ4n) is 4.08. The summed E-state index contributed by atoms with van der Waals surface area (Å²) in [6.45, 7) is 1.75. The summed E-state index contributed by atoms with van der Waals surface area (Å²) in [6.07, 6.45) is 6.30. The summed E-state index contributed by atoms with van der Waals surface area (Å²) in [4.78, 5) is 37.9. The van der Waals surface area contributed by atoms with Crippen molar-refractivity contribution in [2.24, 2.45) is 0 Å². The van der Waals surface area contributed by atoms with Gasteiger partial charge in [0.1, 0.15) is 23.6 Å². The number of fused-ring (bicyclic) bond motifs is 2. The van der Waals surface area contributed by atoms with Crippen molar-refractivity contribution >= 4 is 17.5 Å². The van der Waals surface area contributed by atoms with Gasteiger partial charge < -0.3 is 10.1 Å². The van der Waals surface area contributed by atoms with Crippen LogP contribution in [-0.4, -0.2) is 49.5 Å². The maximum Gasteiger partial charge on any atom is 0.325 e. The maximum atomic E-state index is 12.6. The summed E-state index contributed by atoms with van der Waals surface area (Å²) in [5, 5.41) is 2.56. The van der Waals surface area contributed by atoms with Crippen LogP contribution in [0.5, 0.6) is 0 Å². The van der Waals surface area contributed by atoms with Crippen LogP contribution in [0.15, 0.2) is 42.7 Å². The molecule has 1 amide bonds. The molecule has 4 heterocycles. The summed E-state index contributed by atoms with van der Waals surface area (Å²) in [5.41, 5.74) is 5.81. The van der Waals surface area contributed by atoms with E-state index in [4.69, 9.17) is 4.98 Å². The minimum Gasteiger partial charge on any atom is -0.468 e. The van der Waals surface area contributed by atoms with Gasteiger partial charge in [-0.15, -0.1) is 0 Å². The summed E-state index contributed by atoms with van der Waals surface area (Å²) in [5.74, 6) is -0.136. The second-order valence-electron chi connectivity index (χ2n) is 7.70. The van der Waals surface area contributed by atoms with E-state index in [2.05, 4.69) is 24.6 Å². The minimum absolute atomic E-state index is 0.208. The Labute approximate surface area is 184 Å². The molecule has 0 aliphatic heterocycles. The van der Waals surface area contributed by atoms with Gasteiger partial charge in [0.25, 0.3) is 5.91 Å². The Morgan fingerprint density at radius 1 is 1.16 bits per heavy atom. The SMILES string of the molecule is COC(=O)CNC(=O)c1cnc2ccc(-n3c(-c4cccc(C)n4)nc4c3CCC4)cn12. The minimum atomic E-state index is -0.517. The molecule has 0 saturated heterocycles. The van der Waals surface area contributed by atoms with Crippen LogP contribution in [0.4, 0.5) is 0 Å². The van der Waals surface area contributed by atoms with Crippen LogP contribution < -0.4 is 5.32 Å². The molecule has 9 heteroatoms. The number of nitrogens with zero attached hydrogens (tertiary/aromatic N) is 5. The van der Waals surface area contributed by atoms with Gasteiger partial charge in [0.05, 0.1) is 24.7 Å². The lowest BCUT2D eigenvalue weighted by Gasteiger charge is -2.12. The quantitative estimate of drug-likeness (QED) is 0.487. The number of aryl methyl sites for hydroxylation is 2. The average molecular weight is 430 g/mol. The van der Waals surface area contributed by atoms with Crippen molar-refractivity contribution in [3.05, 3.63) is 65.5 Å². The first-order valence-corrected chi connectivity index (χ1v) is 10.4. The highest BCUT2D eigenvalue weighted by Crippen LogP contribution is 2.31. The highest BCUT2D eigenvalue weighted by Gasteiger charge is 2.24. The third-order valence-electron chi connectivity index (χ3n) is 5.60. The van der Waals surface area contributed by atoms with Gasteiger partial charge in [-0.3, -0.25) is 18.6 Å².